The van der Waals surface area contributed by atoms with Crippen molar-refractivity contribution in [2.75, 3.05) is 23.7 Å². The average molecular weight is 228 g/mol. The molecule has 0 spiro atoms. The van der Waals surface area contributed by atoms with Gasteiger partial charge in [-0.2, -0.15) is 0 Å². The third-order valence-electron chi connectivity index (χ3n) is 2.17. The number of aryl methyl sites for hydroxylation is 1. The smallest absolute Gasteiger partial charge is 0.238 e. The summed E-state index contributed by atoms with van der Waals surface area (Å²) in [5, 5.41) is 0. The van der Waals surface area contributed by atoms with Gasteiger partial charge in [0.2, 0.25) is 15.9 Å². The molecule has 0 saturated carbocycles. The molecule has 0 saturated heterocycles. The van der Waals surface area contributed by atoms with Crippen LogP contribution in [0.15, 0.2) is 12.3 Å². The molecule has 0 radical (unpaired) electrons. The average Bonchev–Trinajstić information content (AvgIpc) is 2.15. The second-order valence-corrected chi connectivity index (χ2v) is 5.43. The van der Waals surface area contributed by atoms with E-state index >= 15 is 0 Å². The molecule has 2 rings (SSSR count). The van der Waals surface area contributed by atoms with E-state index in [4.69, 9.17) is 4.74 Å². The molecule has 0 amide bonds. The molecule has 0 fully saturated rings. The molecule has 1 aliphatic heterocycles. The first-order chi connectivity index (χ1) is 6.98. The monoisotopic (exact) mass is 228 g/mol. The molecule has 15 heavy (non-hydrogen) atoms. The summed E-state index contributed by atoms with van der Waals surface area (Å²) >= 11 is 0. The van der Waals surface area contributed by atoms with Crippen molar-refractivity contribution in [2.45, 2.75) is 6.92 Å². The summed E-state index contributed by atoms with van der Waals surface area (Å²) in [6.07, 6.45) is 2.84. The fourth-order valence-corrected chi connectivity index (χ4v) is 2.42. The molecule has 82 valence electrons. The van der Waals surface area contributed by atoms with Crippen LogP contribution in [-0.2, 0) is 10.0 Å². The van der Waals surface area contributed by atoms with Crippen molar-refractivity contribution >= 4 is 15.7 Å². The summed E-state index contributed by atoms with van der Waals surface area (Å²) in [7, 11) is -3.24. The minimum atomic E-state index is -3.24. The maximum atomic E-state index is 11.5. The maximum Gasteiger partial charge on any atom is 0.238 e. The zero-order valence-corrected chi connectivity index (χ0v) is 9.41. The number of hydrogen-bond acceptors (Lipinski definition) is 4. The number of nitrogens with zero attached hydrogens (tertiary/aromatic N) is 2. The molecule has 0 N–H and O–H groups in total. The Morgan fingerprint density at radius 3 is 2.93 bits per heavy atom. The van der Waals surface area contributed by atoms with Crippen LogP contribution >= 0.6 is 0 Å². The lowest BCUT2D eigenvalue weighted by molar-refractivity contribution is 0.303. The van der Waals surface area contributed by atoms with Crippen LogP contribution in [-0.4, -0.2) is 32.8 Å². The fourth-order valence-electron chi connectivity index (χ4n) is 1.52. The number of pyridine rings is 1. The van der Waals surface area contributed by atoms with Crippen molar-refractivity contribution < 1.29 is 13.2 Å². The standard InChI is InChI=1S/C9H12N2O3S/c1-7-5-8-9(10-6-7)14-4-3-11(8)15(2,12)13/h5-6H,3-4H2,1-2H3. The summed E-state index contributed by atoms with van der Waals surface area (Å²) in [5.74, 6) is 0.386. The molecule has 0 aliphatic carbocycles. The minimum Gasteiger partial charge on any atom is -0.474 e. The van der Waals surface area contributed by atoms with Gasteiger partial charge in [-0.15, -0.1) is 0 Å². The van der Waals surface area contributed by atoms with Gasteiger partial charge < -0.3 is 4.74 Å². The highest BCUT2D eigenvalue weighted by Crippen LogP contribution is 2.31. The lowest BCUT2D eigenvalue weighted by Crippen LogP contribution is -2.37. The van der Waals surface area contributed by atoms with Gasteiger partial charge >= 0.3 is 0 Å². The van der Waals surface area contributed by atoms with E-state index in [1.807, 2.05) is 6.92 Å². The van der Waals surface area contributed by atoms with Crippen molar-refractivity contribution in [1.29, 1.82) is 0 Å². The van der Waals surface area contributed by atoms with E-state index in [2.05, 4.69) is 4.98 Å². The Bertz CT molecular complexity index is 484. The number of anilines is 1. The van der Waals surface area contributed by atoms with Crippen LogP contribution in [0.1, 0.15) is 5.56 Å². The summed E-state index contributed by atoms with van der Waals surface area (Å²) in [5.41, 5.74) is 1.44. The fraction of sp³-hybridized carbons (Fsp3) is 0.444. The SMILES string of the molecule is Cc1cnc2c(c1)N(S(C)(=O)=O)CCO2. The summed E-state index contributed by atoms with van der Waals surface area (Å²) in [4.78, 5) is 4.05. The van der Waals surface area contributed by atoms with Crippen LogP contribution in [0.4, 0.5) is 5.69 Å². The van der Waals surface area contributed by atoms with E-state index < -0.39 is 10.0 Å². The molecule has 6 heteroatoms. The molecule has 1 aromatic heterocycles. The predicted molar refractivity (Wildman–Crippen MR) is 56.7 cm³/mol. The highest BCUT2D eigenvalue weighted by Gasteiger charge is 2.25. The van der Waals surface area contributed by atoms with E-state index in [9.17, 15) is 8.42 Å². The zero-order chi connectivity index (χ0) is 11.1. The Labute approximate surface area is 88.7 Å². The number of aromatic nitrogens is 1. The van der Waals surface area contributed by atoms with Crippen LogP contribution in [0.2, 0.25) is 0 Å². The Kier molecular flexibility index (Phi) is 2.30. The Hall–Kier alpha value is -1.30. The van der Waals surface area contributed by atoms with Crippen LogP contribution in [0, 0.1) is 6.92 Å². The lowest BCUT2D eigenvalue weighted by Gasteiger charge is -2.28. The Morgan fingerprint density at radius 2 is 2.27 bits per heavy atom. The van der Waals surface area contributed by atoms with Gasteiger partial charge in [0.15, 0.2) is 0 Å². The van der Waals surface area contributed by atoms with Crippen molar-refractivity contribution in [3.63, 3.8) is 0 Å². The molecule has 0 unspecified atom stereocenters. The number of ether oxygens (including phenoxy) is 1. The first-order valence-corrected chi connectivity index (χ1v) is 6.40. The predicted octanol–water partition coefficient (Wildman–Crippen LogP) is 0.548. The van der Waals surface area contributed by atoms with Gasteiger partial charge in [0.05, 0.1) is 12.8 Å². The van der Waals surface area contributed by atoms with E-state index in [0.717, 1.165) is 5.56 Å². The third kappa shape index (κ3) is 1.90. The number of sulfonamides is 1. The van der Waals surface area contributed by atoms with Gasteiger partial charge in [-0.05, 0) is 18.6 Å². The molecule has 0 bridgehead atoms. The summed E-state index contributed by atoms with van der Waals surface area (Å²) in [6.45, 7) is 2.55. The van der Waals surface area contributed by atoms with E-state index in [1.54, 1.807) is 12.3 Å². The minimum absolute atomic E-state index is 0.343. The second-order valence-electron chi connectivity index (χ2n) is 3.52. The quantitative estimate of drug-likeness (QED) is 0.704. The van der Waals surface area contributed by atoms with E-state index in [-0.39, 0.29) is 0 Å². The first kappa shape index (κ1) is 10.2. The van der Waals surface area contributed by atoms with Crippen LogP contribution in [0.3, 0.4) is 0 Å². The normalized spacial score (nSPS) is 15.7. The largest absolute Gasteiger partial charge is 0.474 e. The van der Waals surface area contributed by atoms with Crippen molar-refractivity contribution in [2.24, 2.45) is 0 Å². The number of rotatable bonds is 1. The second kappa shape index (κ2) is 3.37. The third-order valence-corrected chi connectivity index (χ3v) is 3.35. The van der Waals surface area contributed by atoms with Crippen LogP contribution in [0.5, 0.6) is 5.88 Å². The van der Waals surface area contributed by atoms with Crippen LogP contribution < -0.4 is 9.04 Å². The molecule has 1 aromatic rings. The molecular formula is C9H12N2O3S. The highest BCUT2D eigenvalue weighted by molar-refractivity contribution is 7.92. The van der Waals surface area contributed by atoms with Gasteiger partial charge in [-0.1, -0.05) is 0 Å². The van der Waals surface area contributed by atoms with Gasteiger partial charge in [-0.3, -0.25) is 4.31 Å². The van der Waals surface area contributed by atoms with Gasteiger partial charge in [0, 0.05) is 6.20 Å². The van der Waals surface area contributed by atoms with E-state index in [0.29, 0.717) is 24.7 Å². The van der Waals surface area contributed by atoms with Gasteiger partial charge in [0.1, 0.15) is 12.3 Å². The highest BCUT2D eigenvalue weighted by atomic mass is 32.2. The van der Waals surface area contributed by atoms with Crippen molar-refractivity contribution in [3.8, 4) is 5.88 Å². The zero-order valence-electron chi connectivity index (χ0n) is 8.60. The topological polar surface area (TPSA) is 59.5 Å². The maximum absolute atomic E-state index is 11.5. The van der Waals surface area contributed by atoms with Crippen molar-refractivity contribution in [3.05, 3.63) is 17.8 Å². The number of fused-ring (bicyclic) bond motifs is 1. The van der Waals surface area contributed by atoms with Crippen LogP contribution in [0.25, 0.3) is 0 Å². The summed E-state index contributed by atoms with van der Waals surface area (Å²) in [6, 6.07) is 1.77. The van der Waals surface area contributed by atoms with Gasteiger partial charge in [0.25, 0.3) is 0 Å². The molecule has 2 heterocycles. The first-order valence-electron chi connectivity index (χ1n) is 4.55. The van der Waals surface area contributed by atoms with Crippen molar-refractivity contribution in [1.82, 2.24) is 4.98 Å². The molecule has 0 aromatic carbocycles. The number of hydrogen-bond donors (Lipinski definition) is 0. The van der Waals surface area contributed by atoms with E-state index in [1.165, 1.54) is 10.6 Å². The Balaban J connectivity index is 2.55. The molecule has 5 nitrogen and oxygen atoms in total. The summed E-state index contributed by atoms with van der Waals surface area (Å²) < 4.78 is 29.6. The Morgan fingerprint density at radius 1 is 1.53 bits per heavy atom. The van der Waals surface area contributed by atoms with Gasteiger partial charge in [-0.25, -0.2) is 13.4 Å². The molecule has 1 aliphatic rings. The molecular weight excluding hydrogens is 216 g/mol. The lowest BCUT2D eigenvalue weighted by atomic mass is 10.3. The molecule has 0 atom stereocenters.